The molecule has 1 aliphatic heterocycles. The van der Waals surface area contributed by atoms with Crippen molar-refractivity contribution in [1.29, 1.82) is 0 Å². The van der Waals surface area contributed by atoms with Crippen LogP contribution in [0, 0.1) is 0 Å². The Bertz CT molecular complexity index is 375. The Balaban J connectivity index is 1.80. The summed E-state index contributed by atoms with van der Waals surface area (Å²) in [5, 5.41) is 3.41. The zero-order valence-electron chi connectivity index (χ0n) is 12.0. The van der Waals surface area contributed by atoms with Crippen molar-refractivity contribution in [2.45, 2.75) is 44.4 Å². The molecule has 19 heavy (non-hydrogen) atoms. The first-order valence-electron chi connectivity index (χ1n) is 7.20. The number of nitrogens with zero attached hydrogens (tertiary/aromatic N) is 2. The number of anilines is 1. The smallest absolute Gasteiger partial charge is 0.202 e. The van der Waals surface area contributed by atoms with E-state index in [0.717, 1.165) is 38.7 Å². The zero-order valence-corrected chi connectivity index (χ0v) is 12.8. The van der Waals surface area contributed by atoms with Gasteiger partial charge in [-0.05, 0) is 38.9 Å². The third-order valence-electron chi connectivity index (χ3n) is 3.47. The minimum absolute atomic E-state index is 0.377. The number of thioether (sulfide) groups is 1. The van der Waals surface area contributed by atoms with E-state index in [1.807, 2.05) is 13.1 Å². The SMILES string of the molecule is CCOCCCNc1nccn1CC1(C)CCCS1. The fourth-order valence-corrected chi connectivity index (χ4v) is 3.75. The summed E-state index contributed by atoms with van der Waals surface area (Å²) in [4.78, 5) is 4.41. The molecule has 0 saturated carbocycles. The molecule has 0 bridgehead atoms. The highest BCUT2D eigenvalue weighted by molar-refractivity contribution is 8.00. The van der Waals surface area contributed by atoms with Crippen LogP contribution in [0.25, 0.3) is 0 Å². The van der Waals surface area contributed by atoms with E-state index >= 15 is 0 Å². The number of hydrogen-bond acceptors (Lipinski definition) is 4. The fourth-order valence-electron chi connectivity index (χ4n) is 2.44. The van der Waals surface area contributed by atoms with E-state index in [0.29, 0.717) is 4.75 Å². The minimum Gasteiger partial charge on any atom is -0.382 e. The molecule has 0 aromatic carbocycles. The van der Waals surface area contributed by atoms with E-state index < -0.39 is 0 Å². The largest absolute Gasteiger partial charge is 0.382 e. The van der Waals surface area contributed by atoms with Crippen molar-refractivity contribution >= 4 is 17.7 Å². The Morgan fingerprint density at radius 1 is 1.58 bits per heavy atom. The Morgan fingerprint density at radius 3 is 3.21 bits per heavy atom. The highest BCUT2D eigenvalue weighted by Crippen LogP contribution is 2.39. The summed E-state index contributed by atoms with van der Waals surface area (Å²) in [6.07, 6.45) is 7.63. The molecule has 1 unspecified atom stereocenters. The molecule has 0 spiro atoms. The molecule has 2 heterocycles. The fraction of sp³-hybridized carbons (Fsp3) is 0.786. The minimum atomic E-state index is 0.377. The first-order valence-corrected chi connectivity index (χ1v) is 8.19. The quantitative estimate of drug-likeness (QED) is 0.744. The summed E-state index contributed by atoms with van der Waals surface area (Å²) in [5.74, 6) is 2.28. The Hall–Kier alpha value is -0.680. The average molecular weight is 283 g/mol. The molecular formula is C14H25N3OS. The Kier molecular flexibility index (Phi) is 5.58. The van der Waals surface area contributed by atoms with Crippen molar-refractivity contribution in [2.75, 3.05) is 30.8 Å². The summed E-state index contributed by atoms with van der Waals surface area (Å²) >= 11 is 2.09. The van der Waals surface area contributed by atoms with Gasteiger partial charge in [0.25, 0.3) is 0 Å². The standard InChI is InChI=1S/C14H25N3OS/c1-3-18-10-5-7-15-13-16-8-9-17(13)12-14(2)6-4-11-19-14/h8-9H,3-7,10-12H2,1-2H3,(H,15,16). The number of imidazole rings is 1. The summed E-state index contributed by atoms with van der Waals surface area (Å²) in [6.45, 7) is 7.97. The van der Waals surface area contributed by atoms with Crippen molar-refractivity contribution in [1.82, 2.24) is 9.55 Å². The van der Waals surface area contributed by atoms with Crippen LogP contribution in [-0.4, -0.2) is 39.8 Å². The molecule has 0 amide bonds. The second kappa shape index (κ2) is 7.20. The molecule has 1 aliphatic rings. The molecule has 2 rings (SSSR count). The number of aromatic nitrogens is 2. The van der Waals surface area contributed by atoms with Gasteiger partial charge in [0.1, 0.15) is 0 Å². The second-order valence-electron chi connectivity index (χ2n) is 5.26. The molecule has 1 N–H and O–H groups in total. The summed E-state index contributed by atoms with van der Waals surface area (Å²) in [7, 11) is 0. The van der Waals surface area contributed by atoms with Crippen LogP contribution in [-0.2, 0) is 11.3 Å². The maximum atomic E-state index is 5.34. The molecular weight excluding hydrogens is 258 g/mol. The molecule has 1 aromatic rings. The predicted molar refractivity (Wildman–Crippen MR) is 81.9 cm³/mol. The van der Waals surface area contributed by atoms with Gasteiger partial charge in [0.05, 0.1) is 0 Å². The lowest BCUT2D eigenvalue weighted by atomic mass is 10.1. The van der Waals surface area contributed by atoms with E-state index in [9.17, 15) is 0 Å². The van der Waals surface area contributed by atoms with Crippen molar-refractivity contribution in [2.24, 2.45) is 0 Å². The first kappa shape index (κ1) is 14.7. The van der Waals surface area contributed by atoms with Gasteiger partial charge in [-0.2, -0.15) is 11.8 Å². The number of rotatable bonds is 8. The van der Waals surface area contributed by atoms with Gasteiger partial charge >= 0.3 is 0 Å². The zero-order chi connectivity index (χ0) is 13.6. The maximum Gasteiger partial charge on any atom is 0.202 e. The Labute approximate surface area is 120 Å². The Morgan fingerprint density at radius 2 is 2.47 bits per heavy atom. The predicted octanol–water partition coefficient (Wildman–Crippen LogP) is 3.01. The van der Waals surface area contributed by atoms with E-state index in [2.05, 4.69) is 39.8 Å². The number of nitrogens with one attached hydrogen (secondary N) is 1. The second-order valence-corrected chi connectivity index (χ2v) is 6.94. The maximum absolute atomic E-state index is 5.34. The van der Waals surface area contributed by atoms with E-state index in [-0.39, 0.29) is 0 Å². The first-order chi connectivity index (χ1) is 9.23. The third kappa shape index (κ3) is 4.42. The molecule has 1 aromatic heterocycles. The average Bonchev–Trinajstić information content (AvgIpc) is 3.00. The number of ether oxygens (including phenoxy) is 1. The van der Waals surface area contributed by atoms with Gasteiger partial charge in [0.15, 0.2) is 0 Å². The molecule has 108 valence electrons. The topological polar surface area (TPSA) is 39.1 Å². The van der Waals surface area contributed by atoms with Gasteiger partial charge in [0, 0.05) is 43.4 Å². The molecule has 1 atom stereocenters. The van der Waals surface area contributed by atoms with Crippen molar-refractivity contribution in [3.8, 4) is 0 Å². The highest BCUT2D eigenvalue weighted by atomic mass is 32.2. The molecule has 4 nitrogen and oxygen atoms in total. The monoisotopic (exact) mass is 283 g/mol. The van der Waals surface area contributed by atoms with Crippen LogP contribution in [0.15, 0.2) is 12.4 Å². The van der Waals surface area contributed by atoms with Gasteiger partial charge in [-0.25, -0.2) is 4.98 Å². The lowest BCUT2D eigenvalue weighted by Crippen LogP contribution is -2.24. The third-order valence-corrected chi connectivity index (χ3v) is 5.00. The van der Waals surface area contributed by atoms with Gasteiger partial charge < -0.3 is 14.6 Å². The van der Waals surface area contributed by atoms with Crippen LogP contribution in [0.2, 0.25) is 0 Å². The molecule has 1 fully saturated rings. The molecule has 0 radical (unpaired) electrons. The van der Waals surface area contributed by atoms with Gasteiger partial charge in [-0.15, -0.1) is 0 Å². The van der Waals surface area contributed by atoms with Gasteiger partial charge in [-0.1, -0.05) is 0 Å². The van der Waals surface area contributed by atoms with Crippen LogP contribution in [0.4, 0.5) is 5.95 Å². The van der Waals surface area contributed by atoms with Crippen LogP contribution in [0.3, 0.4) is 0 Å². The van der Waals surface area contributed by atoms with E-state index in [1.165, 1.54) is 18.6 Å². The van der Waals surface area contributed by atoms with Crippen LogP contribution < -0.4 is 5.32 Å². The van der Waals surface area contributed by atoms with Crippen LogP contribution in [0.5, 0.6) is 0 Å². The molecule has 0 aliphatic carbocycles. The number of hydrogen-bond donors (Lipinski definition) is 1. The lowest BCUT2D eigenvalue weighted by Gasteiger charge is -2.24. The lowest BCUT2D eigenvalue weighted by molar-refractivity contribution is 0.147. The molecule has 5 heteroatoms. The van der Waals surface area contributed by atoms with E-state index in [1.54, 1.807) is 0 Å². The van der Waals surface area contributed by atoms with Crippen molar-refractivity contribution in [3.05, 3.63) is 12.4 Å². The summed E-state index contributed by atoms with van der Waals surface area (Å²) < 4.78 is 7.96. The highest BCUT2D eigenvalue weighted by Gasteiger charge is 2.30. The summed E-state index contributed by atoms with van der Waals surface area (Å²) in [5.41, 5.74) is 0. The van der Waals surface area contributed by atoms with Gasteiger partial charge in [0.2, 0.25) is 5.95 Å². The normalized spacial score (nSPS) is 22.8. The van der Waals surface area contributed by atoms with Gasteiger partial charge in [-0.3, -0.25) is 0 Å². The van der Waals surface area contributed by atoms with Crippen molar-refractivity contribution in [3.63, 3.8) is 0 Å². The van der Waals surface area contributed by atoms with Crippen LogP contribution in [0.1, 0.15) is 33.1 Å². The van der Waals surface area contributed by atoms with Crippen molar-refractivity contribution < 1.29 is 4.74 Å². The summed E-state index contributed by atoms with van der Waals surface area (Å²) in [6, 6.07) is 0. The molecule has 1 saturated heterocycles. The van der Waals surface area contributed by atoms with Crippen LogP contribution >= 0.6 is 11.8 Å². The van der Waals surface area contributed by atoms with E-state index in [4.69, 9.17) is 4.74 Å².